The predicted octanol–water partition coefficient (Wildman–Crippen LogP) is 3.30. The average molecular weight is 1720 g/mol. The van der Waals surface area contributed by atoms with Crippen molar-refractivity contribution in [2.45, 2.75) is 155 Å². The number of anilines is 2. The van der Waals surface area contributed by atoms with Crippen molar-refractivity contribution in [2.24, 2.45) is 34.8 Å². The standard InChI is InChI=1S/C83H128N13O24P/c1-59(2)77(79(85)102)93-81(104)67(92-73(99)31-36-110-39-42-113-45-46-115-44-41-112-38-34-90-71(97)29-30-75(101)96-56-64-17-7-6-15-62(64)25-26-63-16-8-9-20-69(63)96)19-10-12-32-89-74(100)58-119-70-21-14-18-66(55-68(76(70)84)88-33-37-111-40-43-114-47-48-116-49-50-117-51-52-118-53-54-121(107,108)109)95(82(87)105)35-13-11-22-72(98)91-65-27-23-61(24-28-65)57-120-83(106)94(5)78(60(3)4)80(86)103/h6-9,15-17,20,23-24,27-28,59-60,66-67,70,77-78,88H,10-14,18-19,21-22,29-58,84H2,1-5H3,(H2,85,102)(H2,86,103)(H2,87,105)(H,89,100)(H,90,97)(H,91,98)(H,92,99)(H,93,104)(H2,107,108,109)/b76-68-/t66?,67-,70?,77+,78+/m1/s1. The molecule has 37 nitrogen and oxygen atoms in total. The van der Waals surface area contributed by atoms with Crippen LogP contribution in [0.4, 0.5) is 21.0 Å². The Kier molecular flexibility index (Phi) is 49.5. The molecule has 0 aromatic heterocycles. The van der Waals surface area contributed by atoms with Crippen LogP contribution in [0.3, 0.4) is 0 Å². The van der Waals surface area contributed by atoms with E-state index in [0.29, 0.717) is 113 Å². The van der Waals surface area contributed by atoms with Crippen LogP contribution in [0, 0.1) is 23.7 Å². The van der Waals surface area contributed by atoms with Gasteiger partial charge in [0.15, 0.2) is 0 Å². The number of carbonyl (C=O) groups excluding carboxylic acids is 10. The topological polar surface area (TPSA) is 516 Å². The molecule has 11 amide bonds. The second-order valence-corrected chi connectivity index (χ2v) is 31.2. The van der Waals surface area contributed by atoms with Gasteiger partial charge < -0.3 is 127 Å². The lowest BCUT2D eigenvalue weighted by atomic mass is 9.94. The number of fused-ring (bicyclic) bond motifs is 2. The third-order valence-corrected chi connectivity index (χ3v) is 20.0. The summed E-state index contributed by atoms with van der Waals surface area (Å²) in [6, 6.07) is 17.9. The van der Waals surface area contributed by atoms with Crippen molar-refractivity contribution in [3.63, 3.8) is 0 Å². The van der Waals surface area contributed by atoms with Crippen LogP contribution < -0.4 is 59.7 Å². The van der Waals surface area contributed by atoms with Crippen molar-refractivity contribution in [3.8, 4) is 11.8 Å². The molecule has 1 aliphatic carbocycles. The summed E-state index contributed by atoms with van der Waals surface area (Å²) in [7, 11) is -2.67. The molecule has 0 saturated carbocycles. The molecule has 2 aliphatic rings. The highest BCUT2D eigenvalue weighted by Gasteiger charge is 2.33. The highest BCUT2D eigenvalue weighted by molar-refractivity contribution is 7.51. The van der Waals surface area contributed by atoms with Crippen molar-refractivity contribution in [3.05, 3.63) is 106 Å². The van der Waals surface area contributed by atoms with Gasteiger partial charge in [-0.1, -0.05) is 82.0 Å². The highest BCUT2D eigenvalue weighted by atomic mass is 31.2. The lowest BCUT2D eigenvalue weighted by molar-refractivity contribution is -0.132. The van der Waals surface area contributed by atoms with E-state index >= 15 is 0 Å². The molecule has 0 radical (unpaired) electrons. The number of carbonyl (C=O) groups is 10. The zero-order valence-electron chi connectivity index (χ0n) is 70.5. The number of nitrogens with zero attached hydrogens (tertiary/aromatic N) is 3. The van der Waals surface area contributed by atoms with Crippen LogP contribution in [-0.2, 0) is 108 Å². The van der Waals surface area contributed by atoms with E-state index in [1.807, 2.05) is 48.5 Å². The van der Waals surface area contributed by atoms with Gasteiger partial charge in [0.25, 0.3) is 0 Å². The van der Waals surface area contributed by atoms with E-state index < -0.39 is 79.5 Å². The van der Waals surface area contributed by atoms with Gasteiger partial charge in [0.05, 0.1) is 149 Å². The zero-order valence-corrected chi connectivity index (χ0v) is 71.4. The number of ether oxygens (including phenoxy) is 11. The van der Waals surface area contributed by atoms with Crippen molar-refractivity contribution in [1.82, 2.24) is 36.4 Å². The fraction of sp³-hybridized carbons (Fsp3) is 0.614. The molecule has 674 valence electrons. The Morgan fingerprint density at radius 3 is 1.74 bits per heavy atom. The maximum absolute atomic E-state index is 13.6. The molecular weight excluding hydrogens is 1590 g/mol. The maximum Gasteiger partial charge on any atom is 0.410 e. The van der Waals surface area contributed by atoms with E-state index in [-0.39, 0.29) is 200 Å². The van der Waals surface area contributed by atoms with Crippen molar-refractivity contribution >= 4 is 78.4 Å². The third-order valence-electron chi connectivity index (χ3n) is 19.2. The Bertz CT molecular complexity index is 3820. The molecule has 1 aliphatic heterocycles. The van der Waals surface area contributed by atoms with Crippen LogP contribution in [0.15, 0.2) is 84.2 Å². The van der Waals surface area contributed by atoms with Crippen LogP contribution in [0.5, 0.6) is 0 Å². The predicted molar refractivity (Wildman–Crippen MR) is 448 cm³/mol. The zero-order chi connectivity index (χ0) is 88.2. The lowest BCUT2D eigenvalue weighted by Gasteiger charge is -2.35. The first kappa shape index (κ1) is 102. The fourth-order valence-corrected chi connectivity index (χ4v) is 13.2. The van der Waals surface area contributed by atoms with Gasteiger partial charge >= 0.3 is 19.7 Å². The SMILES string of the molecule is CC(C)[C@H](NC(=O)[C@@H](CCCCNC(=O)COC1CCCC(N(CCCCC(=O)Nc2ccc(COC(=O)N(C)[C@H](C(N)=O)C(C)C)cc2)C(N)=O)C/C(NCCOCCOCCOCCOCCOCCP(=O)(O)O)=C\1N)NC(=O)CCOCCOCCOCCOCCNC(=O)CCC(=O)N1Cc2ccccc2C#Cc2ccccc21)C(N)=O. The highest BCUT2D eigenvalue weighted by Crippen LogP contribution is 2.33. The average Bonchev–Trinajstić information content (AvgIpc) is 0.808. The number of nitrogens with one attached hydrogen (secondary N) is 6. The minimum Gasteiger partial charge on any atom is -0.445 e. The van der Waals surface area contributed by atoms with Crippen molar-refractivity contribution < 1.29 is 114 Å². The minimum absolute atomic E-state index is 0.0177. The summed E-state index contributed by atoms with van der Waals surface area (Å²) in [6.45, 7) is 12.0. The first-order valence-corrected chi connectivity index (χ1v) is 43.1. The molecule has 3 aromatic carbocycles. The number of para-hydroxylation sites is 1. The maximum atomic E-state index is 13.6. The summed E-state index contributed by atoms with van der Waals surface area (Å²) in [5.74, 6) is 2.21. The van der Waals surface area contributed by atoms with Gasteiger partial charge in [0.1, 0.15) is 31.3 Å². The largest absolute Gasteiger partial charge is 0.445 e. The second kappa shape index (κ2) is 58.6. The van der Waals surface area contributed by atoms with E-state index in [2.05, 4.69) is 43.7 Å². The van der Waals surface area contributed by atoms with Crippen LogP contribution in [0.1, 0.15) is 133 Å². The normalized spacial score (nSPS) is 15.3. The van der Waals surface area contributed by atoms with E-state index in [4.69, 9.17) is 84.8 Å². The summed E-state index contributed by atoms with van der Waals surface area (Å²) in [5.41, 5.74) is 29.4. The van der Waals surface area contributed by atoms with Gasteiger partial charge in [-0.25, -0.2) is 9.59 Å². The summed E-state index contributed by atoms with van der Waals surface area (Å²) in [4.78, 5) is 152. The molecule has 5 rings (SSSR count). The summed E-state index contributed by atoms with van der Waals surface area (Å²) < 4.78 is 72.4. The van der Waals surface area contributed by atoms with E-state index in [1.165, 1.54) is 11.9 Å². The van der Waals surface area contributed by atoms with Gasteiger partial charge in [0.2, 0.25) is 47.3 Å². The first-order chi connectivity index (χ1) is 58.1. The number of hydrogen-bond donors (Lipinski definition) is 12. The van der Waals surface area contributed by atoms with E-state index in [9.17, 15) is 52.5 Å². The smallest absolute Gasteiger partial charge is 0.410 e. The number of nitrogens with two attached hydrogens (primary N) is 4. The van der Waals surface area contributed by atoms with Crippen LogP contribution in [0.25, 0.3) is 0 Å². The van der Waals surface area contributed by atoms with E-state index in [1.54, 1.807) is 61.8 Å². The minimum atomic E-state index is -4.11. The van der Waals surface area contributed by atoms with Gasteiger partial charge in [-0.05, 0) is 105 Å². The number of amides is 11. The van der Waals surface area contributed by atoms with Crippen LogP contribution >= 0.6 is 7.60 Å². The number of hydrogen-bond acceptors (Lipinski definition) is 24. The van der Waals surface area contributed by atoms with Gasteiger partial charge in [0, 0.05) is 93.9 Å². The molecular formula is C83H128N13O24P. The molecule has 16 N–H and O–H groups in total. The Labute approximate surface area is 708 Å². The third kappa shape index (κ3) is 42.3. The quantitative estimate of drug-likeness (QED) is 0.0219. The monoisotopic (exact) mass is 1720 g/mol. The Hall–Kier alpha value is -9.39. The lowest BCUT2D eigenvalue weighted by Crippen LogP contribution is -2.54. The molecule has 0 saturated heterocycles. The number of unbranched alkanes of at least 4 members (excludes halogenated alkanes) is 2. The Morgan fingerprint density at radius 1 is 0.579 bits per heavy atom. The number of primary amides is 3. The first-order valence-electron chi connectivity index (χ1n) is 41.3. The van der Waals surface area contributed by atoms with Crippen LogP contribution in [-0.4, -0.2) is 274 Å². The number of urea groups is 1. The number of rotatable bonds is 62. The number of benzene rings is 3. The number of likely N-dealkylation sites (N-methyl/N-ethyl adjacent to an activating group) is 1. The van der Waals surface area contributed by atoms with Gasteiger partial charge in [-0.2, -0.15) is 0 Å². The van der Waals surface area contributed by atoms with Gasteiger partial charge in [-0.3, -0.25) is 47.8 Å². The molecule has 3 aromatic rings. The fourth-order valence-electron chi connectivity index (χ4n) is 12.8. The summed E-state index contributed by atoms with van der Waals surface area (Å²) in [6.07, 6.45) is 1.71. The second-order valence-electron chi connectivity index (χ2n) is 29.4. The molecule has 0 spiro atoms. The molecule has 0 bridgehead atoms. The molecule has 5 atom stereocenters. The molecule has 0 fully saturated rings. The molecule has 38 heteroatoms. The van der Waals surface area contributed by atoms with Gasteiger partial charge in [-0.15, -0.1) is 0 Å². The molecule has 121 heavy (non-hydrogen) atoms. The summed E-state index contributed by atoms with van der Waals surface area (Å²) >= 11 is 0. The molecule has 1 heterocycles. The van der Waals surface area contributed by atoms with Crippen molar-refractivity contribution in [2.75, 3.05) is 175 Å². The molecule has 2 unspecified atom stereocenters. The Balaban J connectivity index is 1.01. The van der Waals surface area contributed by atoms with Crippen molar-refractivity contribution in [1.29, 1.82) is 0 Å². The summed E-state index contributed by atoms with van der Waals surface area (Å²) in [5, 5.41) is 17.3. The van der Waals surface area contributed by atoms with Crippen LogP contribution in [0.2, 0.25) is 0 Å². The Morgan fingerprint density at radius 2 is 1.15 bits per heavy atom. The van der Waals surface area contributed by atoms with E-state index in [0.717, 1.165) is 16.7 Å².